The van der Waals surface area contributed by atoms with Crippen molar-refractivity contribution in [1.82, 2.24) is 0 Å². The molecule has 8 heavy (non-hydrogen) atoms. The minimum absolute atomic E-state index is 0.142. The van der Waals surface area contributed by atoms with Gasteiger partial charge in [0.1, 0.15) is 0 Å². The molecule has 0 amide bonds. The lowest BCUT2D eigenvalue weighted by atomic mass is 10.4. The molecule has 0 unspecified atom stereocenters. The van der Waals surface area contributed by atoms with E-state index in [1.165, 1.54) is 13.0 Å². The number of carbonyl (C=O) groups excluding carboxylic acids is 1. The molecule has 0 rings (SSSR count). The zero-order valence-corrected chi connectivity index (χ0v) is 4.69. The molecule has 0 N–H and O–H groups in total. The molecule has 1 heteroatoms. The summed E-state index contributed by atoms with van der Waals surface area (Å²) >= 11 is 0. The lowest BCUT2D eigenvalue weighted by molar-refractivity contribution is -0.111. The van der Waals surface area contributed by atoms with E-state index in [2.05, 4.69) is 24.2 Å². The minimum Gasteiger partial charge on any atom is -0.285 e. The largest absolute Gasteiger partial charge is 0.285 e. The van der Waals surface area contributed by atoms with Gasteiger partial charge < -0.3 is 0 Å². The molecule has 40 valence electrons. The fourth-order valence-electron chi connectivity index (χ4n) is 0.189. The number of allylic oxidation sites excluding steroid dienone is 1. The van der Waals surface area contributed by atoms with E-state index in [1.54, 1.807) is 0 Å². The Bertz CT molecular complexity index is 178. The van der Waals surface area contributed by atoms with Crippen LogP contribution >= 0.6 is 0 Å². The molecular weight excluding hydrogens is 100 g/mol. The Morgan fingerprint density at radius 2 is 2.38 bits per heavy atom. The molecule has 0 aliphatic rings. The average Bonchev–Trinajstić information content (AvgIpc) is 1.66. The van der Waals surface area contributed by atoms with Crippen molar-refractivity contribution >= 4 is 5.78 Å². The molecule has 0 aromatic rings. The number of Topliss-reactive ketones (excluding diaryl/α,β-unsaturated/α-hetero) is 1. The van der Waals surface area contributed by atoms with Crippen LogP contribution in [0.1, 0.15) is 6.92 Å². The highest BCUT2D eigenvalue weighted by atomic mass is 16.1. The average molecular weight is 106 g/mol. The Morgan fingerprint density at radius 1 is 1.75 bits per heavy atom. The van der Waals surface area contributed by atoms with Gasteiger partial charge in [0.25, 0.3) is 0 Å². The molecule has 0 saturated carbocycles. The quantitative estimate of drug-likeness (QED) is 0.255. The molecule has 0 aromatic heterocycles. The number of hydrogen-bond donors (Lipinski definition) is 0. The fraction of sp³-hybridized carbons (Fsp3) is 0.143. The van der Waals surface area contributed by atoms with Gasteiger partial charge in [-0.3, -0.25) is 4.79 Å². The third kappa shape index (κ3) is 4.75. The number of ketones is 1. The Hall–Kier alpha value is -1.25. The van der Waals surface area contributed by atoms with Gasteiger partial charge in [-0.1, -0.05) is 12.5 Å². The smallest absolute Gasteiger partial charge is 0.202 e. The van der Waals surface area contributed by atoms with Crippen LogP contribution in [0.15, 0.2) is 18.4 Å². The second kappa shape index (κ2) is 3.92. The van der Waals surface area contributed by atoms with Crippen molar-refractivity contribution in [2.75, 3.05) is 0 Å². The summed E-state index contributed by atoms with van der Waals surface area (Å²) in [7, 11) is 0. The molecule has 0 atom stereocenters. The highest BCUT2D eigenvalue weighted by Crippen LogP contribution is 1.62. The Kier molecular flexibility index (Phi) is 3.31. The highest BCUT2D eigenvalue weighted by Gasteiger charge is 1.73. The van der Waals surface area contributed by atoms with E-state index in [4.69, 9.17) is 0 Å². The van der Waals surface area contributed by atoms with Gasteiger partial charge in [-0.15, -0.1) is 5.73 Å². The summed E-state index contributed by atoms with van der Waals surface area (Å²) in [6, 6.07) is 0. The molecule has 0 spiro atoms. The van der Waals surface area contributed by atoms with Crippen LogP contribution in [0.25, 0.3) is 0 Å². The molecule has 1 nitrogen and oxygen atoms in total. The minimum atomic E-state index is -0.142. The van der Waals surface area contributed by atoms with Gasteiger partial charge in [-0.05, 0) is 5.92 Å². The molecular formula is C7H6O. The van der Waals surface area contributed by atoms with E-state index in [1.807, 2.05) is 0 Å². The van der Waals surface area contributed by atoms with E-state index < -0.39 is 0 Å². The van der Waals surface area contributed by atoms with Crippen LogP contribution in [0.4, 0.5) is 0 Å². The molecule has 0 radical (unpaired) electrons. The van der Waals surface area contributed by atoms with Crippen molar-refractivity contribution in [1.29, 1.82) is 0 Å². The number of hydrogen-bond acceptors (Lipinski definition) is 1. The predicted octanol–water partition coefficient (Wildman–Crippen LogP) is 0.920. The molecule has 0 aliphatic heterocycles. The first-order valence-electron chi connectivity index (χ1n) is 2.14. The number of carbonyl (C=O) groups is 1. The zero-order chi connectivity index (χ0) is 6.41. The van der Waals surface area contributed by atoms with Crippen molar-refractivity contribution in [3.05, 3.63) is 18.4 Å². The Labute approximate surface area is 48.7 Å². The fourth-order valence-corrected chi connectivity index (χ4v) is 0.189. The van der Waals surface area contributed by atoms with Gasteiger partial charge in [0.2, 0.25) is 5.78 Å². The summed E-state index contributed by atoms with van der Waals surface area (Å²) in [5.41, 5.74) is 2.42. The lowest BCUT2D eigenvalue weighted by Gasteiger charge is -1.63. The molecule has 0 heterocycles. The molecule has 0 saturated heterocycles. The highest BCUT2D eigenvalue weighted by molar-refractivity contribution is 5.93. The first kappa shape index (κ1) is 6.75. The van der Waals surface area contributed by atoms with E-state index >= 15 is 0 Å². The third-order valence-electron chi connectivity index (χ3n) is 0.422. The van der Waals surface area contributed by atoms with Crippen LogP contribution in [0.5, 0.6) is 0 Å². The second-order valence-electron chi connectivity index (χ2n) is 1.17. The maximum atomic E-state index is 10.1. The third-order valence-corrected chi connectivity index (χ3v) is 0.422. The summed E-state index contributed by atoms with van der Waals surface area (Å²) in [6.07, 6.45) is 1.40. The van der Waals surface area contributed by atoms with Crippen molar-refractivity contribution in [3.8, 4) is 11.8 Å². The maximum Gasteiger partial charge on any atom is 0.202 e. The maximum absolute atomic E-state index is 10.1. The van der Waals surface area contributed by atoms with Crippen LogP contribution in [0.2, 0.25) is 0 Å². The van der Waals surface area contributed by atoms with Crippen molar-refractivity contribution in [2.45, 2.75) is 6.92 Å². The molecule has 0 bridgehead atoms. The van der Waals surface area contributed by atoms with Crippen LogP contribution in [0, 0.1) is 11.8 Å². The predicted molar refractivity (Wildman–Crippen MR) is 32.2 cm³/mol. The normalized spacial score (nSPS) is 5.62. The molecule has 0 aromatic carbocycles. The Balaban J connectivity index is 3.86. The summed E-state index contributed by atoms with van der Waals surface area (Å²) in [6.45, 7) is 4.67. The first-order chi connectivity index (χ1) is 3.77. The molecule has 0 aliphatic carbocycles. The van der Waals surface area contributed by atoms with Gasteiger partial charge in [-0.2, -0.15) is 0 Å². The topological polar surface area (TPSA) is 17.1 Å². The van der Waals surface area contributed by atoms with E-state index in [-0.39, 0.29) is 5.78 Å². The SMILES string of the molecule is C=C=CC#CC(C)=O. The second-order valence-corrected chi connectivity index (χ2v) is 1.17. The summed E-state index contributed by atoms with van der Waals surface area (Å²) in [5.74, 6) is 4.59. The molecule has 0 fully saturated rings. The van der Waals surface area contributed by atoms with Gasteiger partial charge >= 0.3 is 0 Å². The van der Waals surface area contributed by atoms with E-state index in [0.717, 1.165) is 0 Å². The van der Waals surface area contributed by atoms with Gasteiger partial charge in [-0.25, -0.2) is 0 Å². The summed E-state index contributed by atoms with van der Waals surface area (Å²) < 4.78 is 0. The first-order valence-corrected chi connectivity index (χ1v) is 2.14. The van der Waals surface area contributed by atoms with Gasteiger partial charge in [0, 0.05) is 13.0 Å². The van der Waals surface area contributed by atoms with Crippen molar-refractivity contribution < 1.29 is 4.79 Å². The van der Waals surface area contributed by atoms with Crippen LogP contribution < -0.4 is 0 Å². The van der Waals surface area contributed by atoms with E-state index in [0.29, 0.717) is 0 Å². The lowest BCUT2D eigenvalue weighted by Crippen LogP contribution is -1.78. The van der Waals surface area contributed by atoms with Crippen molar-refractivity contribution in [3.63, 3.8) is 0 Å². The summed E-state index contributed by atoms with van der Waals surface area (Å²) in [4.78, 5) is 10.1. The van der Waals surface area contributed by atoms with Crippen LogP contribution in [-0.2, 0) is 4.79 Å². The van der Waals surface area contributed by atoms with Crippen molar-refractivity contribution in [2.24, 2.45) is 0 Å². The number of rotatable bonds is 0. The standard InChI is InChI=1S/C7H6O/c1-3-4-5-6-7(2)8/h4H,1H2,2H3. The monoisotopic (exact) mass is 106 g/mol. The Morgan fingerprint density at radius 3 is 2.75 bits per heavy atom. The van der Waals surface area contributed by atoms with Gasteiger partial charge in [0.15, 0.2) is 0 Å². The van der Waals surface area contributed by atoms with Crippen LogP contribution in [0.3, 0.4) is 0 Å². The van der Waals surface area contributed by atoms with Crippen LogP contribution in [-0.4, -0.2) is 5.78 Å². The summed E-state index contributed by atoms with van der Waals surface area (Å²) in [5, 5.41) is 0. The van der Waals surface area contributed by atoms with Gasteiger partial charge in [0.05, 0.1) is 0 Å². The zero-order valence-electron chi connectivity index (χ0n) is 4.69. The van der Waals surface area contributed by atoms with E-state index in [9.17, 15) is 4.79 Å².